The van der Waals surface area contributed by atoms with Gasteiger partial charge in [-0.05, 0) is 43.7 Å². The van der Waals surface area contributed by atoms with Crippen LogP contribution in [0.5, 0.6) is 0 Å². The Bertz CT molecular complexity index is 505. The average Bonchev–Trinajstić information content (AvgIpc) is 2.78. The van der Waals surface area contributed by atoms with Gasteiger partial charge in [0.25, 0.3) is 0 Å². The third-order valence-electron chi connectivity index (χ3n) is 4.53. The van der Waals surface area contributed by atoms with Crippen LogP contribution in [-0.2, 0) is 4.79 Å². The normalized spacial score (nSPS) is 27.4. The van der Waals surface area contributed by atoms with Crippen molar-refractivity contribution in [3.8, 4) is 0 Å². The molecular weight excluding hydrogens is 264 g/mol. The molecule has 5 nitrogen and oxygen atoms in total. The van der Waals surface area contributed by atoms with E-state index < -0.39 is 0 Å². The zero-order chi connectivity index (χ0) is 14.8. The molecule has 0 saturated carbocycles. The molecular formula is C16H24N4O. The molecule has 3 heterocycles. The second kappa shape index (κ2) is 6.02. The van der Waals surface area contributed by atoms with E-state index in [4.69, 9.17) is 0 Å². The fourth-order valence-electron chi connectivity index (χ4n) is 3.66. The SMILES string of the molecule is CN(C)c1ncccc1NC(=O)CC1CC2CCC(C1)N2. The van der Waals surface area contributed by atoms with Gasteiger partial charge in [-0.3, -0.25) is 4.79 Å². The zero-order valence-electron chi connectivity index (χ0n) is 12.8. The number of nitrogens with one attached hydrogen (secondary N) is 2. The maximum absolute atomic E-state index is 12.3. The molecule has 2 fully saturated rings. The van der Waals surface area contributed by atoms with Crippen molar-refractivity contribution < 1.29 is 4.79 Å². The number of fused-ring (bicyclic) bond motifs is 2. The lowest BCUT2D eigenvalue weighted by molar-refractivity contribution is -0.117. The van der Waals surface area contributed by atoms with E-state index in [1.165, 1.54) is 12.8 Å². The molecule has 21 heavy (non-hydrogen) atoms. The summed E-state index contributed by atoms with van der Waals surface area (Å²) >= 11 is 0. The molecule has 5 heteroatoms. The van der Waals surface area contributed by atoms with Crippen molar-refractivity contribution in [1.82, 2.24) is 10.3 Å². The maximum Gasteiger partial charge on any atom is 0.224 e. The fraction of sp³-hybridized carbons (Fsp3) is 0.625. The van der Waals surface area contributed by atoms with Gasteiger partial charge < -0.3 is 15.5 Å². The molecule has 1 amide bonds. The third kappa shape index (κ3) is 3.35. The summed E-state index contributed by atoms with van der Waals surface area (Å²) in [7, 11) is 3.87. The predicted molar refractivity (Wildman–Crippen MR) is 84.5 cm³/mol. The van der Waals surface area contributed by atoms with E-state index in [1.54, 1.807) is 6.20 Å². The van der Waals surface area contributed by atoms with Crippen LogP contribution in [0, 0.1) is 5.92 Å². The highest BCUT2D eigenvalue weighted by Gasteiger charge is 2.34. The Morgan fingerprint density at radius 1 is 1.38 bits per heavy atom. The van der Waals surface area contributed by atoms with E-state index in [-0.39, 0.29) is 5.91 Å². The standard InChI is InChI=1S/C16H24N4O/c1-20(2)16-14(4-3-7-17-16)19-15(21)10-11-8-12-5-6-13(9-11)18-12/h3-4,7,11-13,18H,5-6,8-10H2,1-2H3,(H,19,21). The van der Waals surface area contributed by atoms with Gasteiger partial charge in [-0.25, -0.2) is 4.98 Å². The summed E-state index contributed by atoms with van der Waals surface area (Å²) in [4.78, 5) is 18.5. The van der Waals surface area contributed by atoms with Gasteiger partial charge in [-0.2, -0.15) is 0 Å². The Morgan fingerprint density at radius 2 is 2.10 bits per heavy atom. The first kappa shape index (κ1) is 14.3. The van der Waals surface area contributed by atoms with Gasteiger partial charge in [0.05, 0.1) is 5.69 Å². The molecule has 0 spiro atoms. The van der Waals surface area contributed by atoms with Crippen LogP contribution in [0.1, 0.15) is 32.1 Å². The number of pyridine rings is 1. The van der Waals surface area contributed by atoms with Crippen molar-refractivity contribution in [1.29, 1.82) is 0 Å². The molecule has 1 aromatic heterocycles. The van der Waals surface area contributed by atoms with E-state index >= 15 is 0 Å². The molecule has 2 saturated heterocycles. The quantitative estimate of drug-likeness (QED) is 0.890. The molecule has 0 aromatic carbocycles. The minimum absolute atomic E-state index is 0.109. The van der Waals surface area contributed by atoms with Crippen molar-refractivity contribution in [3.63, 3.8) is 0 Å². The predicted octanol–water partition coefficient (Wildman–Crippen LogP) is 2.01. The Hall–Kier alpha value is -1.62. The van der Waals surface area contributed by atoms with Crippen LogP contribution in [0.25, 0.3) is 0 Å². The van der Waals surface area contributed by atoms with Crippen LogP contribution in [-0.4, -0.2) is 37.1 Å². The second-order valence-corrected chi connectivity index (χ2v) is 6.50. The first-order valence-electron chi connectivity index (χ1n) is 7.80. The minimum atomic E-state index is 0.109. The molecule has 0 aliphatic carbocycles. The number of carbonyl (C=O) groups excluding carboxylic acids is 1. The first-order chi connectivity index (χ1) is 10.1. The van der Waals surface area contributed by atoms with Crippen LogP contribution in [0.3, 0.4) is 0 Å². The number of aromatic nitrogens is 1. The Kier molecular flexibility index (Phi) is 4.10. The Morgan fingerprint density at radius 3 is 2.76 bits per heavy atom. The largest absolute Gasteiger partial charge is 0.361 e. The molecule has 2 atom stereocenters. The van der Waals surface area contributed by atoms with Crippen LogP contribution in [0.2, 0.25) is 0 Å². The summed E-state index contributed by atoms with van der Waals surface area (Å²) in [5.41, 5.74) is 0.796. The summed E-state index contributed by atoms with van der Waals surface area (Å²) < 4.78 is 0. The topological polar surface area (TPSA) is 57.3 Å². The highest BCUT2D eigenvalue weighted by atomic mass is 16.1. The van der Waals surface area contributed by atoms with Crippen molar-refractivity contribution in [3.05, 3.63) is 18.3 Å². The fourth-order valence-corrected chi connectivity index (χ4v) is 3.66. The van der Waals surface area contributed by atoms with Crippen LogP contribution < -0.4 is 15.5 Å². The van der Waals surface area contributed by atoms with Crippen LogP contribution in [0.15, 0.2) is 18.3 Å². The van der Waals surface area contributed by atoms with E-state index in [0.717, 1.165) is 24.3 Å². The average molecular weight is 288 g/mol. The molecule has 0 radical (unpaired) electrons. The smallest absolute Gasteiger partial charge is 0.224 e. The lowest BCUT2D eigenvalue weighted by Crippen LogP contribution is -2.39. The lowest BCUT2D eigenvalue weighted by Gasteiger charge is -2.28. The maximum atomic E-state index is 12.3. The highest BCUT2D eigenvalue weighted by molar-refractivity contribution is 5.93. The first-order valence-corrected chi connectivity index (χ1v) is 7.80. The summed E-state index contributed by atoms with van der Waals surface area (Å²) in [6, 6.07) is 5.04. The van der Waals surface area contributed by atoms with Crippen molar-refractivity contribution in [2.45, 2.75) is 44.2 Å². The Balaban J connectivity index is 1.59. The summed E-state index contributed by atoms with van der Waals surface area (Å²) in [5.74, 6) is 1.43. The molecule has 3 rings (SSSR count). The van der Waals surface area contributed by atoms with E-state index in [2.05, 4.69) is 15.6 Å². The van der Waals surface area contributed by atoms with Crippen molar-refractivity contribution in [2.24, 2.45) is 5.92 Å². The number of nitrogens with zero attached hydrogens (tertiary/aromatic N) is 2. The van der Waals surface area contributed by atoms with Gasteiger partial charge in [0.2, 0.25) is 5.91 Å². The second-order valence-electron chi connectivity index (χ2n) is 6.50. The van der Waals surface area contributed by atoms with Crippen LogP contribution >= 0.6 is 0 Å². The number of anilines is 2. The third-order valence-corrected chi connectivity index (χ3v) is 4.53. The number of piperidine rings is 1. The molecule has 2 aliphatic heterocycles. The number of amides is 1. The Labute approximate surface area is 126 Å². The van der Waals surface area contributed by atoms with E-state index in [1.807, 2.05) is 31.1 Å². The van der Waals surface area contributed by atoms with E-state index in [9.17, 15) is 4.79 Å². The van der Waals surface area contributed by atoms with Gasteiger partial charge in [-0.1, -0.05) is 0 Å². The number of hydrogen-bond donors (Lipinski definition) is 2. The van der Waals surface area contributed by atoms with Gasteiger partial charge in [0, 0.05) is 38.8 Å². The molecule has 1 aromatic rings. The monoisotopic (exact) mass is 288 g/mol. The van der Waals surface area contributed by atoms with Crippen molar-refractivity contribution >= 4 is 17.4 Å². The number of carbonyl (C=O) groups is 1. The molecule has 2 unspecified atom stereocenters. The summed E-state index contributed by atoms with van der Waals surface area (Å²) in [6.45, 7) is 0. The van der Waals surface area contributed by atoms with Gasteiger partial charge in [-0.15, -0.1) is 0 Å². The van der Waals surface area contributed by atoms with Crippen LogP contribution in [0.4, 0.5) is 11.5 Å². The van der Waals surface area contributed by atoms with Gasteiger partial charge in [0.1, 0.15) is 0 Å². The van der Waals surface area contributed by atoms with E-state index in [0.29, 0.717) is 24.4 Å². The minimum Gasteiger partial charge on any atom is -0.361 e. The molecule has 2 N–H and O–H groups in total. The summed E-state index contributed by atoms with van der Waals surface area (Å²) in [6.07, 6.45) is 7.19. The highest BCUT2D eigenvalue weighted by Crippen LogP contribution is 2.33. The molecule has 2 bridgehead atoms. The number of hydrogen-bond acceptors (Lipinski definition) is 4. The zero-order valence-corrected chi connectivity index (χ0v) is 12.8. The molecule has 114 valence electrons. The molecule has 2 aliphatic rings. The van der Waals surface area contributed by atoms with Gasteiger partial charge >= 0.3 is 0 Å². The van der Waals surface area contributed by atoms with Crippen molar-refractivity contribution in [2.75, 3.05) is 24.3 Å². The number of rotatable bonds is 4. The van der Waals surface area contributed by atoms with Gasteiger partial charge in [0.15, 0.2) is 5.82 Å². The lowest BCUT2D eigenvalue weighted by atomic mass is 9.89. The summed E-state index contributed by atoms with van der Waals surface area (Å²) in [5, 5.41) is 6.64.